The van der Waals surface area contributed by atoms with E-state index in [2.05, 4.69) is 10.3 Å². The molecule has 0 aliphatic carbocycles. The van der Waals surface area contributed by atoms with Crippen LogP contribution in [0.4, 0.5) is 10.8 Å². The van der Waals surface area contributed by atoms with E-state index in [4.69, 9.17) is 10.5 Å². The van der Waals surface area contributed by atoms with Gasteiger partial charge in [0.15, 0.2) is 5.13 Å². The number of nitrogens with zero attached hydrogens (tertiary/aromatic N) is 1. The van der Waals surface area contributed by atoms with Gasteiger partial charge in [-0.3, -0.25) is 4.79 Å². The third-order valence-corrected chi connectivity index (χ3v) is 6.65. The van der Waals surface area contributed by atoms with Crippen LogP contribution in [0.25, 0.3) is 11.3 Å². The Labute approximate surface area is 195 Å². The maximum Gasteiger partial charge on any atom is 0.244 e. The van der Waals surface area contributed by atoms with E-state index in [9.17, 15) is 4.79 Å². The van der Waals surface area contributed by atoms with E-state index in [1.807, 2.05) is 91.2 Å². The van der Waals surface area contributed by atoms with Crippen LogP contribution >= 0.6 is 23.1 Å². The molecule has 162 valence electrons. The molecule has 0 aliphatic rings. The molecule has 0 saturated heterocycles. The topological polar surface area (TPSA) is 77.2 Å². The van der Waals surface area contributed by atoms with E-state index < -0.39 is 5.25 Å². The van der Waals surface area contributed by atoms with Crippen molar-refractivity contribution >= 4 is 39.8 Å². The highest BCUT2D eigenvalue weighted by Crippen LogP contribution is 2.37. The van der Waals surface area contributed by atoms with Gasteiger partial charge in [-0.2, -0.15) is 0 Å². The van der Waals surface area contributed by atoms with Crippen molar-refractivity contribution in [2.24, 2.45) is 0 Å². The molecule has 0 bridgehead atoms. The van der Waals surface area contributed by atoms with Crippen molar-refractivity contribution < 1.29 is 9.53 Å². The minimum Gasteiger partial charge on any atom is -0.494 e. The van der Waals surface area contributed by atoms with Crippen LogP contribution in [0.5, 0.6) is 5.75 Å². The number of thioether (sulfide) groups is 1. The molecule has 3 N–H and O–H groups in total. The van der Waals surface area contributed by atoms with E-state index in [0.717, 1.165) is 27.5 Å². The molecule has 0 spiro atoms. The quantitative estimate of drug-likeness (QED) is 0.239. The van der Waals surface area contributed by atoms with Crippen molar-refractivity contribution in [1.82, 2.24) is 4.98 Å². The fraction of sp³-hybridized carbons (Fsp3) is 0.120. The molecule has 0 saturated carbocycles. The molecule has 0 aliphatic heterocycles. The number of carbonyl (C=O) groups excluding carboxylic acids is 1. The second-order valence-corrected chi connectivity index (χ2v) is 9.00. The second-order valence-electron chi connectivity index (χ2n) is 6.97. The van der Waals surface area contributed by atoms with Gasteiger partial charge in [0.25, 0.3) is 0 Å². The summed E-state index contributed by atoms with van der Waals surface area (Å²) >= 11 is 2.87. The molecule has 1 heterocycles. The van der Waals surface area contributed by atoms with Gasteiger partial charge in [-0.15, -0.1) is 23.1 Å². The second kappa shape index (κ2) is 10.3. The number of benzene rings is 3. The van der Waals surface area contributed by atoms with Crippen molar-refractivity contribution in [3.63, 3.8) is 0 Å². The van der Waals surface area contributed by atoms with Crippen molar-refractivity contribution in [1.29, 1.82) is 0 Å². The molecule has 1 unspecified atom stereocenters. The Bertz CT molecular complexity index is 1180. The number of amides is 1. The first-order chi connectivity index (χ1) is 15.6. The molecule has 5 nitrogen and oxygen atoms in total. The number of anilines is 2. The molecule has 1 amide bonds. The molecule has 0 radical (unpaired) electrons. The fourth-order valence-electron chi connectivity index (χ4n) is 3.15. The molecule has 3 aromatic carbocycles. The summed E-state index contributed by atoms with van der Waals surface area (Å²) < 4.78 is 5.49. The van der Waals surface area contributed by atoms with Crippen LogP contribution in [0.2, 0.25) is 0 Å². The van der Waals surface area contributed by atoms with Crippen molar-refractivity contribution in [3.05, 3.63) is 89.8 Å². The Morgan fingerprint density at radius 2 is 1.88 bits per heavy atom. The fourth-order valence-corrected chi connectivity index (χ4v) is 4.96. The number of thiazole rings is 1. The van der Waals surface area contributed by atoms with Crippen LogP contribution < -0.4 is 15.8 Å². The first kappa shape index (κ1) is 21.9. The van der Waals surface area contributed by atoms with Crippen molar-refractivity contribution in [3.8, 4) is 17.0 Å². The lowest BCUT2D eigenvalue weighted by Crippen LogP contribution is -2.19. The van der Waals surface area contributed by atoms with Gasteiger partial charge < -0.3 is 15.8 Å². The predicted octanol–water partition coefficient (Wildman–Crippen LogP) is 6.26. The van der Waals surface area contributed by atoms with Crippen LogP contribution in [0.3, 0.4) is 0 Å². The Balaban J connectivity index is 1.52. The van der Waals surface area contributed by atoms with Crippen LogP contribution in [0.15, 0.2) is 89.1 Å². The zero-order valence-electron chi connectivity index (χ0n) is 17.5. The number of aromatic nitrogens is 1. The number of hydrogen-bond donors (Lipinski definition) is 2. The lowest BCUT2D eigenvalue weighted by molar-refractivity contribution is -0.115. The largest absolute Gasteiger partial charge is 0.494 e. The number of nitrogens with two attached hydrogens (primary N) is 1. The van der Waals surface area contributed by atoms with E-state index >= 15 is 0 Å². The SMILES string of the molecule is CCOc1ccc(-c2csc(NC(=O)C(Sc3cccc(N)c3)c3ccccc3)n2)cc1. The van der Waals surface area contributed by atoms with Crippen LogP contribution in [-0.2, 0) is 4.79 Å². The summed E-state index contributed by atoms with van der Waals surface area (Å²) in [7, 11) is 0. The van der Waals surface area contributed by atoms with Gasteiger partial charge in [-0.25, -0.2) is 4.98 Å². The average Bonchev–Trinajstić information content (AvgIpc) is 3.27. The van der Waals surface area contributed by atoms with Crippen molar-refractivity contribution in [2.45, 2.75) is 17.1 Å². The summed E-state index contributed by atoms with van der Waals surface area (Å²) in [6.45, 7) is 2.58. The molecule has 7 heteroatoms. The third-order valence-electron chi connectivity index (χ3n) is 4.65. The molecule has 0 fully saturated rings. The number of hydrogen-bond acceptors (Lipinski definition) is 6. The predicted molar refractivity (Wildman–Crippen MR) is 133 cm³/mol. The molecule has 4 aromatic rings. The molecule has 4 rings (SSSR count). The summed E-state index contributed by atoms with van der Waals surface area (Å²) in [6, 6.07) is 25.0. The summed E-state index contributed by atoms with van der Waals surface area (Å²) in [5, 5.41) is 5.06. The standard InChI is InChI=1S/C25H23N3O2S2/c1-2-30-20-13-11-17(12-14-20)22-16-31-25(27-22)28-24(29)23(18-7-4-3-5-8-18)32-21-10-6-9-19(26)15-21/h3-16,23H,2,26H2,1H3,(H,27,28,29). The summed E-state index contributed by atoms with van der Waals surface area (Å²) in [6.07, 6.45) is 0. The Kier molecular flexibility index (Phi) is 7.09. The van der Waals surface area contributed by atoms with Crippen molar-refractivity contribution in [2.75, 3.05) is 17.7 Å². The number of nitrogens with one attached hydrogen (secondary N) is 1. The highest BCUT2D eigenvalue weighted by molar-refractivity contribution is 8.00. The number of nitrogen functional groups attached to an aromatic ring is 1. The van der Waals surface area contributed by atoms with E-state index in [-0.39, 0.29) is 5.91 Å². The van der Waals surface area contributed by atoms with Gasteiger partial charge >= 0.3 is 0 Å². The smallest absolute Gasteiger partial charge is 0.244 e. The molecule has 1 aromatic heterocycles. The lowest BCUT2D eigenvalue weighted by Gasteiger charge is -2.16. The summed E-state index contributed by atoms with van der Waals surface area (Å²) in [4.78, 5) is 18.8. The Morgan fingerprint density at radius 1 is 1.09 bits per heavy atom. The first-order valence-electron chi connectivity index (χ1n) is 10.2. The van der Waals surface area contributed by atoms with Gasteiger partial charge in [0, 0.05) is 21.5 Å². The number of carbonyl (C=O) groups is 1. The molecule has 32 heavy (non-hydrogen) atoms. The highest BCUT2D eigenvalue weighted by Gasteiger charge is 2.23. The van der Waals surface area contributed by atoms with E-state index in [1.54, 1.807) is 0 Å². The monoisotopic (exact) mass is 461 g/mol. The maximum atomic E-state index is 13.3. The number of rotatable bonds is 8. The summed E-state index contributed by atoms with van der Waals surface area (Å²) in [5.41, 5.74) is 9.30. The Hall–Kier alpha value is -3.29. The van der Waals surface area contributed by atoms with Gasteiger partial charge in [0.05, 0.1) is 12.3 Å². The van der Waals surface area contributed by atoms with Gasteiger partial charge in [0.2, 0.25) is 5.91 Å². The number of ether oxygens (including phenoxy) is 1. The molecular formula is C25H23N3O2S2. The van der Waals surface area contributed by atoms with Crippen LogP contribution in [0.1, 0.15) is 17.7 Å². The lowest BCUT2D eigenvalue weighted by atomic mass is 10.1. The molecule has 1 atom stereocenters. The normalized spacial score (nSPS) is 11.7. The van der Waals surface area contributed by atoms with Gasteiger partial charge in [-0.1, -0.05) is 36.4 Å². The zero-order valence-corrected chi connectivity index (χ0v) is 19.2. The summed E-state index contributed by atoms with van der Waals surface area (Å²) in [5.74, 6) is 0.695. The van der Waals surface area contributed by atoms with Crippen LogP contribution in [-0.4, -0.2) is 17.5 Å². The van der Waals surface area contributed by atoms with E-state index in [0.29, 0.717) is 17.4 Å². The minimum absolute atomic E-state index is 0.129. The van der Waals surface area contributed by atoms with Crippen LogP contribution in [0, 0.1) is 0 Å². The maximum absolute atomic E-state index is 13.3. The van der Waals surface area contributed by atoms with Gasteiger partial charge in [0.1, 0.15) is 11.0 Å². The average molecular weight is 462 g/mol. The third kappa shape index (κ3) is 5.49. The van der Waals surface area contributed by atoms with Gasteiger partial charge in [-0.05, 0) is 55.0 Å². The zero-order chi connectivity index (χ0) is 22.3. The molecular weight excluding hydrogens is 438 g/mol. The van der Waals surface area contributed by atoms with E-state index in [1.165, 1.54) is 23.1 Å². The highest BCUT2D eigenvalue weighted by atomic mass is 32.2. The minimum atomic E-state index is -0.434. The Morgan fingerprint density at radius 3 is 2.59 bits per heavy atom. The first-order valence-corrected chi connectivity index (χ1v) is 11.9.